The standard InChI is InChI=1S/C15H30N2O2/c1-13(2)19-12-15(18)11-16-9-6-14(10-16)17-7-4-3-5-8-17/h13-15,18H,3-12H2,1-2H3. The van der Waals surface area contributed by atoms with Crippen molar-refractivity contribution in [1.82, 2.24) is 9.80 Å². The molecule has 4 nitrogen and oxygen atoms in total. The molecule has 0 bridgehead atoms. The third kappa shape index (κ3) is 5.03. The van der Waals surface area contributed by atoms with E-state index in [0.717, 1.165) is 25.7 Å². The van der Waals surface area contributed by atoms with Crippen molar-refractivity contribution in [3.63, 3.8) is 0 Å². The number of piperidine rings is 1. The molecule has 1 N–H and O–H groups in total. The van der Waals surface area contributed by atoms with Crippen LogP contribution in [-0.2, 0) is 4.74 Å². The Morgan fingerprint density at radius 2 is 1.89 bits per heavy atom. The van der Waals surface area contributed by atoms with E-state index < -0.39 is 0 Å². The van der Waals surface area contributed by atoms with Gasteiger partial charge in [-0.3, -0.25) is 9.80 Å². The second-order valence-electron chi connectivity index (χ2n) is 6.33. The van der Waals surface area contributed by atoms with Gasteiger partial charge >= 0.3 is 0 Å². The Bertz CT molecular complexity index is 255. The fourth-order valence-corrected chi connectivity index (χ4v) is 3.21. The first-order valence-corrected chi connectivity index (χ1v) is 7.91. The Kier molecular flexibility index (Phi) is 6.07. The number of aliphatic hydroxyl groups excluding tert-OH is 1. The van der Waals surface area contributed by atoms with E-state index in [1.54, 1.807) is 0 Å². The number of aliphatic hydroxyl groups is 1. The lowest BCUT2D eigenvalue weighted by atomic mass is 10.1. The average Bonchev–Trinajstić information content (AvgIpc) is 2.86. The monoisotopic (exact) mass is 270 g/mol. The quantitative estimate of drug-likeness (QED) is 0.790. The van der Waals surface area contributed by atoms with Crippen LogP contribution in [0.25, 0.3) is 0 Å². The van der Waals surface area contributed by atoms with Crippen molar-refractivity contribution in [2.75, 3.05) is 39.3 Å². The van der Waals surface area contributed by atoms with Crippen molar-refractivity contribution in [3.8, 4) is 0 Å². The molecule has 4 heteroatoms. The van der Waals surface area contributed by atoms with E-state index in [4.69, 9.17) is 4.74 Å². The number of rotatable bonds is 6. The van der Waals surface area contributed by atoms with Gasteiger partial charge in [-0.15, -0.1) is 0 Å². The minimum absolute atomic E-state index is 0.203. The van der Waals surface area contributed by atoms with E-state index >= 15 is 0 Å². The average molecular weight is 270 g/mol. The van der Waals surface area contributed by atoms with Crippen molar-refractivity contribution in [2.24, 2.45) is 0 Å². The third-order valence-electron chi connectivity index (χ3n) is 4.25. The van der Waals surface area contributed by atoms with Crippen LogP contribution in [0.3, 0.4) is 0 Å². The highest BCUT2D eigenvalue weighted by atomic mass is 16.5. The first kappa shape index (κ1) is 15.2. The molecule has 2 aliphatic heterocycles. The largest absolute Gasteiger partial charge is 0.389 e. The van der Waals surface area contributed by atoms with Gasteiger partial charge in [-0.05, 0) is 52.7 Å². The predicted octanol–water partition coefficient (Wildman–Crippen LogP) is 1.33. The first-order chi connectivity index (χ1) is 9.15. The Hall–Kier alpha value is -0.160. The van der Waals surface area contributed by atoms with Gasteiger partial charge in [-0.2, -0.15) is 0 Å². The zero-order chi connectivity index (χ0) is 13.7. The summed E-state index contributed by atoms with van der Waals surface area (Å²) in [5.74, 6) is 0. The van der Waals surface area contributed by atoms with Crippen LogP contribution in [0.15, 0.2) is 0 Å². The van der Waals surface area contributed by atoms with Crippen LogP contribution in [0, 0.1) is 0 Å². The highest BCUT2D eigenvalue weighted by Gasteiger charge is 2.29. The summed E-state index contributed by atoms with van der Waals surface area (Å²) in [6.07, 6.45) is 5.25. The maximum Gasteiger partial charge on any atom is 0.0900 e. The molecule has 0 aromatic heterocycles. The van der Waals surface area contributed by atoms with E-state index in [9.17, 15) is 5.11 Å². The van der Waals surface area contributed by atoms with Gasteiger partial charge in [0.05, 0.1) is 18.8 Å². The number of β-amino-alcohol motifs (C(OH)–C–C–N with tert-alkyl or cyclic N) is 1. The van der Waals surface area contributed by atoms with Crippen molar-refractivity contribution in [3.05, 3.63) is 0 Å². The van der Waals surface area contributed by atoms with Gasteiger partial charge in [-0.1, -0.05) is 6.42 Å². The van der Waals surface area contributed by atoms with E-state index in [2.05, 4.69) is 9.80 Å². The normalized spacial score (nSPS) is 28.1. The molecule has 0 aromatic carbocycles. The van der Waals surface area contributed by atoms with Crippen LogP contribution in [0.4, 0.5) is 0 Å². The van der Waals surface area contributed by atoms with Crippen LogP contribution in [-0.4, -0.2) is 72.5 Å². The molecule has 2 heterocycles. The van der Waals surface area contributed by atoms with Crippen molar-refractivity contribution in [1.29, 1.82) is 0 Å². The van der Waals surface area contributed by atoms with E-state index in [0.29, 0.717) is 6.61 Å². The van der Waals surface area contributed by atoms with Crippen LogP contribution >= 0.6 is 0 Å². The predicted molar refractivity (Wildman–Crippen MR) is 77.4 cm³/mol. The number of hydrogen-bond acceptors (Lipinski definition) is 4. The lowest BCUT2D eigenvalue weighted by Gasteiger charge is -2.32. The highest BCUT2D eigenvalue weighted by Crippen LogP contribution is 2.20. The lowest BCUT2D eigenvalue weighted by molar-refractivity contribution is -0.00664. The molecule has 0 saturated carbocycles. The van der Waals surface area contributed by atoms with Gasteiger partial charge in [0.2, 0.25) is 0 Å². The maximum atomic E-state index is 9.97. The molecule has 2 fully saturated rings. The summed E-state index contributed by atoms with van der Waals surface area (Å²) in [5.41, 5.74) is 0. The lowest BCUT2D eigenvalue weighted by Crippen LogP contribution is -2.42. The molecule has 0 amide bonds. The Morgan fingerprint density at radius 1 is 1.16 bits per heavy atom. The molecule has 2 aliphatic rings. The number of nitrogens with zero attached hydrogens (tertiary/aromatic N) is 2. The summed E-state index contributed by atoms with van der Waals surface area (Å²) < 4.78 is 5.47. The second kappa shape index (κ2) is 7.58. The summed E-state index contributed by atoms with van der Waals surface area (Å²) in [6.45, 7) is 10.0. The van der Waals surface area contributed by atoms with Crippen LogP contribution in [0.5, 0.6) is 0 Å². The third-order valence-corrected chi connectivity index (χ3v) is 4.25. The maximum absolute atomic E-state index is 9.97. The molecule has 0 aromatic rings. The summed E-state index contributed by atoms with van der Waals surface area (Å²) >= 11 is 0. The van der Waals surface area contributed by atoms with Gasteiger partial charge in [-0.25, -0.2) is 0 Å². The fourth-order valence-electron chi connectivity index (χ4n) is 3.21. The molecule has 0 radical (unpaired) electrons. The molecule has 2 rings (SSSR count). The zero-order valence-electron chi connectivity index (χ0n) is 12.6. The molecular formula is C15H30N2O2. The van der Waals surface area contributed by atoms with Crippen molar-refractivity contribution < 1.29 is 9.84 Å². The minimum atomic E-state index is -0.345. The highest BCUT2D eigenvalue weighted by molar-refractivity contribution is 4.85. The first-order valence-electron chi connectivity index (χ1n) is 7.91. The molecule has 2 unspecified atom stereocenters. The molecular weight excluding hydrogens is 240 g/mol. The Morgan fingerprint density at radius 3 is 2.58 bits per heavy atom. The number of hydrogen-bond donors (Lipinski definition) is 1. The molecule has 0 spiro atoms. The summed E-state index contributed by atoms with van der Waals surface area (Å²) in [7, 11) is 0. The van der Waals surface area contributed by atoms with Gasteiger partial charge in [0.25, 0.3) is 0 Å². The van der Waals surface area contributed by atoms with E-state index in [1.165, 1.54) is 38.8 Å². The van der Waals surface area contributed by atoms with Crippen molar-refractivity contribution in [2.45, 2.75) is 57.8 Å². The van der Waals surface area contributed by atoms with Gasteiger partial charge in [0.15, 0.2) is 0 Å². The molecule has 112 valence electrons. The van der Waals surface area contributed by atoms with Crippen LogP contribution in [0.1, 0.15) is 39.5 Å². The number of ether oxygens (including phenoxy) is 1. The second-order valence-corrected chi connectivity index (χ2v) is 6.33. The fraction of sp³-hybridized carbons (Fsp3) is 1.00. The molecule has 0 aliphatic carbocycles. The number of likely N-dealkylation sites (tertiary alicyclic amines) is 2. The SMILES string of the molecule is CC(C)OCC(O)CN1CCC(N2CCCCC2)C1. The molecule has 2 atom stereocenters. The van der Waals surface area contributed by atoms with E-state index in [1.807, 2.05) is 13.8 Å². The topological polar surface area (TPSA) is 35.9 Å². The van der Waals surface area contributed by atoms with Gasteiger partial charge < -0.3 is 9.84 Å². The summed E-state index contributed by atoms with van der Waals surface area (Å²) in [4.78, 5) is 5.05. The minimum Gasteiger partial charge on any atom is -0.389 e. The smallest absolute Gasteiger partial charge is 0.0900 e. The van der Waals surface area contributed by atoms with Crippen LogP contribution < -0.4 is 0 Å². The van der Waals surface area contributed by atoms with Gasteiger partial charge in [0, 0.05) is 19.1 Å². The van der Waals surface area contributed by atoms with Crippen LogP contribution in [0.2, 0.25) is 0 Å². The molecule has 19 heavy (non-hydrogen) atoms. The summed E-state index contributed by atoms with van der Waals surface area (Å²) in [6, 6.07) is 0.721. The Balaban J connectivity index is 1.66. The van der Waals surface area contributed by atoms with Crippen molar-refractivity contribution >= 4 is 0 Å². The van der Waals surface area contributed by atoms with Gasteiger partial charge in [0.1, 0.15) is 0 Å². The van der Waals surface area contributed by atoms with E-state index in [-0.39, 0.29) is 12.2 Å². The summed E-state index contributed by atoms with van der Waals surface area (Å²) in [5, 5.41) is 9.97. The zero-order valence-corrected chi connectivity index (χ0v) is 12.6. The molecule has 2 saturated heterocycles. The Labute approximate surface area is 117 Å².